The minimum atomic E-state index is 0.375. The first-order chi connectivity index (χ1) is 11.6. The molecule has 0 amide bonds. The van der Waals surface area contributed by atoms with E-state index < -0.39 is 0 Å². The molecule has 128 valence electrons. The van der Waals surface area contributed by atoms with Crippen LogP contribution in [0, 0.1) is 0 Å². The molecule has 0 N–H and O–H groups in total. The summed E-state index contributed by atoms with van der Waals surface area (Å²) in [4.78, 5) is 11.7. The number of hydrogen-bond acceptors (Lipinski definition) is 5. The predicted molar refractivity (Wildman–Crippen MR) is 93.5 cm³/mol. The third-order valence-electron chi connectivity index (χ3n) is 4.40. The second kappa shape index (κ2) is 7.18. The van der Waals surface area contributed by atoms with Gasteiger partial charge in [0.05, 0.1) is 14.2 Å². The Morgan fingerprint density at radius 2 is 1.96 bits per heavy atom. The minimum absolute atomic E-state index is 0.375. The van der Waals surface area contributed by atoms with E-state index in [0.717, 1.165) is 43.4 Å². The van der Waals surface area contributed by atoms with Crippen LogP contribution in [0.1, 0.15) is 42.4 Å². The van der Waals surface area contributed by atoms with Crippen LogP contribution in [0.25, 0.3) is 0 Å². The molecule has 3 rings (SSSR count). The van der Waals surface area contributed by atoms with Gasteiger partial charge >= 0.3 is 0 Å². The van der Waals surface area contributed by atoms with E-state index in [2.05, 4.69) is 29.8 Å². The van der Waals surface area contributed by atoms with Crippen LogP contribution in [0.5, 0.6) is 11.5 Å². The number of aromatic nitrogens is 2. The van der Waals surface area contributed by atoms with Gasteiger partial charge in [-0.05, 0) is 17.7 Å². The van der Waals surface area contributed by atoms with Crippen molar-refractivity contribution < 1.29 is 9.47 Å². The maximum absolute atomic E-state index is 5.39. The van der Waals surface area contributed by atoms with Crippen molar-refractivity contribution in [3.63, 3.8) is 0 Å². The van der Waals surface area contributed by atoms with Gasteiger partial charge in [-0.1, -0.05) is 19.9 Å². The van der Waals surface area contributed by atoms with E-state index >= 15 is 0 Å². The van der Waals surface area contributed by atoms with Gasteiger partial charge in [0.25, 0.3) is 0 Å². The Hall–Kier alpha value is -2.14. The van der Waals surface area contributed by atoms with Crippen molar-refractivity contribution >= 4 is 0 Å². The van der Waals surface area contributed by atoms with Crippen LogP contribution >= 0.6 is 0 Å². The minimum Gasteiger partial charge on any atom is -0.493 e. The first kappa shape index (κ1) is 16.7. The lowest BCUT2D eigenvalue weighted by Crippen LogP contribution is -2.31. The molecule has 0 unspecified atom stereocenters. The van der Waals surface area contributed by atoms with Crippen LogP contribution in [-0.4, -0.2) is 35.6 Å². The Bertz CT molecular complexity index is 716. The van der Waals surface area contributed by atoms with Crippen molar-refractivity contribution in [2.24, 2.45) is 0 Å². The summed E-state index contributed by atoms with van der Waals surface area (Å²) in [5.74, 6) is 2.86. The highest BCUT2D eigenvalue weighted by molar-refractivity contribution is 5.42. The fourth-order valence-corrected chi connectivity index (χ4v) is 3.04. The molecule has 0 atom stereocenters. The van der Waals surface area contributed by atoms with E-state index in [1.807, 2.05) is 18.3 Å². The van der Waals surface area contributed by atoms with Gasteiger partial charge in [-0.15, -0.1) is 0 Å². The number of fused-ring (bicyclic) bond motifs is 1. The Balaban J connectivity index is 1.72. The third kappa shape index (κ3) is 3.51. The maximum Gasteiger partial charge on any atom is 0.161 e. The zero-order valence-electron chi connectivity index (χ0n) is 14.9. The largest absolute Gasteiger partial charge is 0.493 e. The monoisotopic (exact) mass is 327 g/mol. The van der Waals surface area contributed by atoms with Crippen LogP contribution in [0.4, 0.5) is 0 Å². The molecule has 5 nitrogen and oxygen atoms in total. The Kier molecular flexibility index (Phi) is 5.00. The molecule has 0 saturated heterocycles. The Labute approximate surface area is 143 Å². The van der Waals surface area contributed by atoms with E-state index in [1.54, 1.807) is 14.2 Å². The highest BCUT2D eigenvalue weighted by atomic mass is 16.5. The zero-order valence-corrected chi connectivity index (χ0v) is 14.9. The van der Waals surface area contributed by atoms with Crippen molar-refractivity contribution in [3.05, 3.63) is 47.0 Å². The zero-order chi connectivity index (χ0) is 17.1. The number of nitrogens with zero attached hydrogens (tertiary/aromatic N) is 3. The molecule has 5 heteroatoms. The van der Waals surface area contributed by atoms with Crippen molar-refractivity contribution in [3.8, 4) is 11.5 Å². The molecule has 0 radical (unpaired) electrons. The van der Waals surface area contributed by atoms with Gasteiger partial charge < -0.3 is 9.47 Å². The van der Waals surface area contributed by atoms with E-state index in [0.29, 0.717) is 5.92 Å². The molecule has 0 spiro atoms. The first-order valence-corrected chi connectivity index (χ1v) is 8.38. The molecule has 1 aliphatic rings. The van der Waals surface area contributed by atoms with Crippen LogP contribution in [-0.2, 0) is 19.5 Å². The van der Waals surface area contributed by atoms with Crippen LogP contribution in [0.2, 0.25) is 0 Å². The molecular formula is C19H25N3O2. The highest BCUT2D eigenvalue weighted by Crippen LogP contribution is 2.29. The smallest absolute Gasteiger partial charge is 0.161 e. The summed E-state index contributed by atoms with van der Waals surface area (Å²) in [6, 6.07) is 6.10. The lowest BCUT2D eigenvalue weighted by molar-refractivity contribution is 0.242. The van der Waals surface area contributed by atoms with Gasteiger partial charge in [0, 0.05) is 49.4 Å². The first-order valence-electron chi connectivity index (χ1n) is 8.38. The average molecular weight is 327 g/mol. The summed E-state index contributed by atoms with van der Waals surface area (Å²) >= 11 is 0. The van der Waals surface area contributed by atoms with Gasteiger partial charge in [0.2, 0.25) is 0 Å². The fourth-order valence-electron chi connectivity index (χ4n) is 3.04. The lowest BCUT2D eigenvalue weighted by Gasteiger charge is -2.28. The van der Waals surface area contributed by atoms with Gasteiger partial charge in [-0.3, -0.25) is 4.90 Å². The van der Waals surface area contributed by atoms with Crippen molar-refractivity contribution in [2.75, 3.05) is 20.8 Å². The molecule has 0 fully saturated rings. The second-order valence-corrected chi connectivity index (χ2v) is 6.50. The summed E-state index contributed by atoms with van der Waals surface area (Å²) in [6.07, 6.45) is 2.98. The van der Waals surface area contributed by atoms with Crippen LogP contribution in [0.15, 0.2) is 24.4 Å². The SMILES string of the molecule is COc1ccc(CN2CCc3nc(C(C)C)ncc3C2)cc1OC. The van der Waals surface area contributed by atoms with Crippen molar-refractivity contribution in [2.45, 2.75) is 39.3 Å². The van der Waals surface area contributed by atoms with E-state index in [1.165, 1.54) is 16.8 Å². The highest BCUT2D eigenvalue weighted by Gasteiger charge is 2.19. The van der Waals surface area contributed by atoms with Crippen LogP contribution < -0.4 is 9.47 Å². The topological polar surface area (TPSA) is 47.5 Å². The summed E-state index contributed by atoms with van der Waals surface area (Å²) < 4.78 is 10.7. The molecule has 24 heavy (non-hydrogen) atoms. The fraction of sp³-hybridized carbons (Fsp3) is 0.474. The molecule has 0 bridgehead atoms. The number of methoxy groups -OCH3 is 2. The quantitative estimate of drug-likeness (QED) is 0.844. The number of hydrogen-bond donors (Lipinski definition) is 0. The van der Waals surface area contributed by atoms with E-state index in [4.69, 9.17) is 14.5 Å². The van der Waals surface area contributed by atoms with Crippen LogP contribution in [0.3, 0.4) is 0 Å². The van der Waals surface area contributed by atoms with Crippen molar-refractivity contribution in [1.82, 2.24) is 14.9 Å². The maximum atomic E-state index is 5.39. The standard InChI is InChI=1S/C19H25N3O2/c1-13(2)19-20-10-15-12-22(8-7-16(15)21-19)11-14-5-6-17(23-3)18(9-14)24-4/h5-6,9-10,13H,7-8,11-12H2,1-4H3. The van der Waals surface area contributed by atoms with Gasteiger partial charge in [0.1, 0.15) is 5.82 Å². The number of ether oxygens (including phenoxy) is 2. The summed E-state index contributed by atoms with van der Waals surface area (Å²) in [7, 11) is 3.33. The average Bonchev–Trinajstić information content (AvgIpc) is 2.61. The van der Waals surface area contributed by atoms with Gasteiger partial charge in [-0.2, -0.15) is 0 Å². The molecular weight excluding hydrogens is 302 g/mol. The number of benzene rings is 1. The predicted octanol–water partition coefficient (Wildman–Crippen LogP) is 3.18. The molecule has 1 aromatic carbocycles. The number of rotatable bonds is 5. The molecule has 1 aromatic heterocycles. The molecule has 2 heterocycles. The summed E-state index contributed by atoms with van der Waals surface area (Å²) in [6.45, 7) is 7.05. The molecule has 0 aliphatic carbocycles. The van der Waals surface area contributed by atoms with Crippen molar-refractivity contribution in [1.29, 1.82) is 0 Å². The van der Waals surface area contributed by atoms with Gasteiger partial charge in [0.15, 0.2) is 11.5 Å². The third-order valence-corrected chi connectivity index (χ3v) is 4.40. The lowest BCUT2D eigenvalue weighted by atomic mass is 10.1. The molecule has 2 aromatic rings. The Morgan fingerprint density at radius 3 is 2.67 bits per heavy atom. The van der Waals surface area contributed by atoms with E-state index in [-0.39, 0.29) is 0 Å². The van der Waals surface area contributed by atoms with Gasteiger partial charge in [-0.25, -0.2) is 9.97 Å². The normalized spacial score (nSPS) is 14.5. The Morgan fingerprint density at radius 1 is 1.17 bits per heavy atom. The molecule has 1 aliphatic heterocycles. The summed E-state index contributed by atoms with van der Waals surface area (Å²) in [5, 5.41) is 0. The molecule has 0 saturated carbocycles. The van der Waals surface area contributed by atoms with E-state index in [9.17, 15) is 0 Å². The summed E-state index contributed by atoms with van der Waals surface area (Å²) in [5.41, 5.74) is 3.67. The second-order valence-electron chi connectivity index (χ2n) is 6.50.